The molecule has 0 atom stereocenters. The van der Waals surface area contributed by atoms with Crippen molar-refractivity contribution in [1.29, 1.82) is 0 Å². The second kappa shape index (κ2) is 7.51. The molecule has 3 heterocycles. The third-order valence-corrected chi connectivity index (χ3v) is 5.84. The van der Waals surface area contributed by atoms with E-state index in [1.54, 1.807) is 10.6 Å². The topological polar surface area (TPSA) is 84.2 Å². The van der Waals surface area contributed by atoms with E-state index in [1.165, 1.54) is 22.7 Å². The lowest BCUT2D eigenvalue weighted by Gasteiger charge is -2.09. The number of aromatic nitrogens is 4. The summed E-state index contributed by atoms with van der Waals surface area (Å²) >= 11 is 8.05. The van der Waals surface area contributed by atoms with Crippen LogP contribution in [0.15, 0.2) is 41.8 Å². The van der Waals surface area contributed by atoms with Crippen molar-refractivity contribution in [1.82, 2.24) is 30.4 Å². The van der Waals surface area contributed by atoms with Gasteiger partial charge in [-0.3, -0.25) is 10.1 Å². The number of benzene rings is 1. The highest BCUT2D eigenvalue weighted by Gasteiger charge is 2.11. The van der Waals surface area contributed by atoms with Crippen molar-refractivity contribution >= 4 is 50.9 Å². The molecule has 0 bridgehead atoms. The third-order valence-electron chi connectivity index (χ3n) is 3.77. The Labute approximate surface area is 168 Å². The average Bonchev–Trinajstić information content (AvgIpc) is 3.40. The molecule has 7 nitrogen and oxygen atoms in total. The number of rotatable bonds is 4. The molecule has 0 radical (unpaired) electrons. The van der Waals surface area contributed by atoms with E-state index in [-0.39, 0.29) is 5.91 Å². The van der Waals surface area contributed by atoms with Crippen LogP contribution in [-0.4, -0.2) is 30.8 Å². The van der Waals surface area contributed by atoms with Gasteiger partial charge < -0.3 is 5.32 Å². The summed E-state index contributed by atoms with van der Waals surface area (Å²) in [7, 11) is 0. The van der Waals surface area contributed by atoms with Crippen molar-refractivity contribution in [2.75, 3.05) is 0 Å². The van der Waals surface area contributed by atoms with Gasteiger partial charge in [0, 0.05) is 12.1 Å². The lowest BCUT2D eigenvalue weighted by atomic mass is 10.1. The fourth-order valence-electron chi connectivity index (χ4n) is 2.40. The van der Waals surface area contributed by atoms with E-state index in [9.17, 15) is 4.79 Å². The fourth-order valence-corrected chi connectivity index (χ4v) is 4.07. The summed E-state index contributed by atoms with van der Waals surface area (Å²) in [6, 6.07) is 11.6. The molecule has 10 heteroatoms. The number of carbonyl (C=O) groups is 1. The highest BCUT2D eigenvalue weighted by Crippen LogP contribution is 2.25. The molecular formula is C17H14N6OS3. The minimum absolute atomic E-state index is 0.198. The van der Waals surface area contributed by atoms with Crippen LogP contribution in [0, 0.1) is 6.92 Å². The van der Waals surface area contributed by atoms with Crippen LogP contribution in [0.5, 0.6) is 0 Å². The van der Waals surface area contributed by atoms with E-state index in [4.69, 9.17) is 12.2 Å². The third kappa shape index (κ3) is 3.87. The largest absolute Gasteiger partial charge is 0.358 e. The number of nitrogens with zero attached hydrogens (tertiary/aromatic N) is 4. The molecule has 0 aliphatic rings. The molecule has 0 aliphatic heterocycles. The predicted octanol–water partition coefficient (Wildman–Crippen LogP) is 3.03. The van der Waals surface area contributed by atoms with Gasteiger partial charge in [0.25, 0.3) is 5.91 Å². The quantitative estimate of drug-likeness (QED) is 0.500. The summed E-state index contributed by atoms with van der Waals surface area (Å²) in [5, 5.41) is 21.4. The Morgan fingerprint density at radius 3 is 2.74 bits per heavy atom. The molecule has 3 aromatic heterocycles. The minimum Gasteiger partial charge on any atom is -0.358 e. The van der Waals surface area contributed by atoms with E-state index in [0.717, 1.165) is 26.9 Å². The summed E-state index contributed by atoms with van der Waals surface area (Å²) in [5.74, 6) is 0.572. The van der Waals surface area contributed by atoms with Crippen LogP contribution in [0.1, 0.15) is 21.1 Å². The van der Waals surface area contributed by atoms with Crippen molar-refractivity contribution in [3.63, 3.8) is 0 Å². The van der Waals surface area contributed by atoms with Crippen LogP contribution in [0.3, 0.4) is 0 Å². The molecule has 4 aromatic rings. The smallest absolute Gasteiger partial charge is 0.267 e. The first-order chi connectivity index (χ1) is 13.1. The van der Waals surface area contributed by atoms with Gasteiger partial charge in [-0.05, 0) is 36.2 Å². The van der Waals surface area contributed by atoms with E-state index >= 15 is 0 Å². The first-order valence-corrected chi connectivity index (χ1v) is 10.1. The van der Waals surface area contributed by atoms with Crippen LogP contribution in [0.2, 0.25) is 0 Å². The normalized spacial score (nSPS) is 10.9. The Balaban J connectivity index is 1.36. The average molecular weight is 415 g/mol. The Bertz CT molecular complexity index is 1100. The van der Waals surface area contributed by atoms with Gasteiger partial charge in [0.1, 0.15) is 5.01 Å². The van der Waals surface area contributed by atoms with Gasteiger partial charge in [-0.1, -0.05) is 41.7 Å². The lowest BCUT2D eigenvalue weighted by Crippen LogP contribution is -2.38. The van der Waals surface area contributed by atoms with Crippen LogP contribution in [0.25, 0.3) is 15.5 Å². The Morgan fingerprint density at radius 1 is 1.22 bits per heavy atom. The zero-order chi connectivity index (χ0) is 18.8. The van der Waals surface area contributed by atoms with Gasteiger partial charge >= 0.3 is 0 Å². The molecule has 136 valence electrons. The van der Waals surface area contributed by atoms with Gasteiger partial charge in [0.2, 0.25) is 4.96 Å². The second-order valence-electron chi connectivity index (χ2n) is 5.66. The first-order valence-electron chi connectivity index (χ1n) is 8.01. The molecule has 0 spiro atoms. The van der Waals surface area contributed by atoms with Gasteiger partial charge in [-0.25, -0.2) is 0 Å². The summed E-state index contributed by atoms with van der Waals surface area (Å²) in [5.41, 5.74) is 2.06. The number of hydrogen-bond donors (Lipinski definition) is 2. The predicted molar refractivity (Wildman–Crippen MR) is 110 cm³/mol. The van der Waals surface area contributed by atoms with E-state index in [1.807, 2.05) is 42.6 Å². The summed E-state index contributed by atoms with van der Waals surface area (Å²) in [4.78, 5) is 13.4. The van der Waals surface area contributed by atoms with Crippen LogP contribution < -0.4 is 10.6 Å². The SMILES string of the molecule is Cc1nnc2sc(-c3ccc(CNC(=S)NC(=O)c4cccs4)cc3)nn12. The van der Waals surface area contributed by atoms with Crippen molar-refractivity contribution in [2.45, 2.75) is 13.5 Å². The maximum atomic E-state index is 12.0. The van der Waals surface area contributed by atoms with Crippen LogP contribution in [0.4, 0.5) is 0 Å². The number of carbonyl (C=O) groups excluding carboxylic acids is 1. The minimum atomic E-state index is -0.198. The zero-order valence-corrected chi connectivity index (χ0v) is 16.6. The number of nitrogens with one attached hydrogen (secondary N) is 2. The van der Waals surface area contributed by atoms with E-state index in [2.05, 4.69) is 25.9 Å². The Hall–Kier alpha value is -2.69. The zero-order valence-electron chi connectivity index (χ0n) is 14.2. The molecule has 1 amide bonds. The lowest BCUT2D eigenvalue weighted by molar-refractivity contribution is 0.0980. The van der Waals surface area contributed by atoms with Gasteiger partial charge in [0.15, 0.2) is 10.9 Å². The molecule has 27 heavy (non-hydrogen) atoms. The summed E-state index contributed by atoms with van der Waals surface area (Å²) in [6.45, 7) is 2.40. The van der Waals surface area contributed by atoms with Gasteiger partial charge in [-0.15, -0.1) is 21.5 Å². The highest BCUT2D eigenvalue weighted by atomic mass is 32.1. The number of thiocarbonyl (C=S) groups is 1. The standard InChI is InChI=1S/C17H14N6OS3/c1-10-20-21-17-23(10)22-15(27-17)12-6-4-11(5-7-12)9-18-16(25)19-14(24)13-3-2-8-26-13/h2-8H,9H2,1H3,(H2,18,19,24,25). The molecule has 4 rings (SSSR count). The molecule has 0 aliphatic carbocycles. The van der Waals surface area contributed by atoms with Gasteiger partial charge in [0.05, 0.1) is 4.88 Å². The van der Waals surface area contributed by atoms with Crippen LogP contribution >= 0.6 is 34.9 Å². The van der Waals surface area contributed by atoms with E-state index in [0.29, 0.717) is 16.5 Å². The monoisotopic (exact) mass is 414 g/mol. The number of thiophene rings is 1. The Morgan fingerprint density at radius 2 is 2.04 bits per heavy atom. The Kier molecular flexibility index (Phi) is 4.92. The number of aryl methyl sites for hydroxylation is 1. The number of hydrogen-bond acceptors (Lipinski definition) is 7. The molecule has 0 saturated carbocycles. The first kappa shape index (κ1) is 17.7. The molecule has 0 saturated heterocycles. The van der Waals surface area contributed by atoms with E-state index < -0.39 is 0 Å². The van der Waals surface area contributed by atoms with Crippen molar-refractivity contribution < 1.29 is 4.79 Å². The molecule has 0 unspecified atom stereocenters. The molecule has 1 aromatic carbocycles. The molecule has 0 fully saturated rings. The second-order valence-corrected chi connectivity index (χ2v) is 7.97. The highest BCUT2D eigenvalue weighted by molar-refractivity contribution is 7.80. The van der Waals surface area contributed by atoms with Crippen molar-refractivity contribution in [2.24, 2.45) is 0 Å². The van der Waals surface area contributed by atoms with Gasteiger partial charge in [-0.2, -0.15) is 9.61 Å². The maximum Gasteiger partial charge on any atom is 0.267 e. The molecular weight excluding hydrogens is 400 g/mol. The summed E-state index contributed by atoms with van der Waals surface area (Å²) < 4.78 is 1.74. The van der Waals surface area contributed by atoms with Crippen LogP contribution in [-0.2, 0) is 6.54 Å². The molecule has 2 N–H and O–H groups in total. The summed E-state index contributed by atoms with van der Waals surface area (Å²) in [6.07, 6.45) is 0. The fraction of sp³-hybridized carbons (Fsp3) is 0.118. The maximum absolute atomic E-state index is 12.0. The number of amides is 1. The van der Waals surface area contributed by atoms with Crippen molar-refractivity contribution in [3.8, 4) is 10.6 Å². The van der Waals surface area contributed by atoms with Crippen molar-refractivity contribution in [3.05, 3.63) is 58.0 Å². The number of fused-ring (bicyclic) bond motifs is 1.